The Labute approximate surface area is 96.1 Å². The minimum atomic E-state index is 0.242. The van der Waals surface area contributed by atoms with E-state index in [1.165, 1.54) is 29.3 Å². The summed E-state index contributed by atoms with van der Waals surface area (Å²) in [6.45, 7) is 2.13. The molecule has 1 fully saturated rings. The molecule has 0 radical (unpaired) electrons. The van der Waals surface area contributed by atoms with Gasteiger partial charge >= 0.3 is 0 Å². The summed E-state index contributed by atoms with van der Waals surface area (Å²) in [5, 5.41) is 1.33. The number of para-hydroxylation sites is 1. The van der Waals surface area contributed by atoms with Gasteiger partial charge in [-0.15, -0.1) is 0 Å². The smallest absolute Gasteiger partial charge is 0.0516 e. The highest BCUT2D eigenvalue weighted by Gasteiger charge is 2.48. The number of hydrogen-bond acceptors (Lipinski definition) is 1. The zero-order valence-corrected chi connectivity index (χ0v) is 9.90. The Hall–Kier alpha value is -1.28. The van der Waals surface area contributed by atoms with Crippen molar-refractivity contribution in [3.8, 4) is 0 Å². The van der Waals surface area contributed by atoms with Crippen LogP contribution in [0, 0.1) is 0 Å². The lowest BCUT2D eigenvalue weighted by molar-refractivity contribution is 0.558. The standard InChI is InChI=1S/C14H18N2/c1-10(15)14(7-8-14)12-5-3-4-11-6-9-16(2)13(11)12/h3-6,9-10H,7-8,15H2,1-2H3. The predicted molar refractivity (Wildman–Crippen MR) is 67.5 cm³/mol. The summed E-state index contributed by atoms with van der Waals surface area (Å²) in [7, 11) is 2.11. The molecule has 1 aliphatic rings. The van der Waals surface area contributed by atoms with Crippen molar-refractivity contribution in [2.24, 2.45) is 12.8 Å². The van der Waals surface area contributed by atoms with E-state index in [-0.39, 0.29) is 11.5 Å². The highest BCUT2D eigenvalue weighted by atomic mass is 14.9. The highest BCUT2D eigenvalue weighted by Crippen LogP contribution is 2.52. The molecule has 1 heterocycles. The minimum absolute atomic E-state index is 0.242. The monoisotopic (exact) mass is 214 g/mol. The van der Waals surface area contributed by atoms with Crippen LogP contribution >= 0.6 is 0 Å². The second-order valence-electron chi connectivity index (χ2n) is 5.11. The van der Waals surface area contributed by atoms with Crippen LogP contribution in [0.15, 0.2) is 30.5 Å². The number of aryl methyl sites for hydroxylation is 1. The van der Waals surface area contributed by atoms with Gasteiger partial charge in [0, 0.05) is 24.7 Å². The van der Waals surface area contributed by atoms with E-state index in [9.17, 15) is 0 Å². The molecule has 0 spiro atoms. The molecule has 0 bridgehead atoms. The third-order valence-electron chi connectivity index (χ3n) is 4.09. The SMILES string of the molecule is CC(N)C1(c2cccc3ccn(C)c23)CC1. The van der Waals surface area contributed by atoms with Crippen LogP contribution in [-0.2, 0) is 12.5 Å². The zero-order valence-electron chi connectivity index (χ0n) is 9.90. The van der Waals surface area contributed by atoms with Crippen molar-refractivity contribution in [1.82, 2.24) is 4.57 Å². The van der Waals surface area contributed by atoms with Crippen LogP contribution in [0.4, 0.5) is 0 Å². The van der Waals surface area contributed by atoms with E-state index >= 15 is 0 Å². The average molecular weight is 214 g/mol. The van der Waals surface area contributed by atoms with Gasteiger partial charge in [-0.05, 0) is 36.8 Å². The fraction of sp³-hybridized carbons (Fsp3) is 0.429. The van der Waals surface area contributed by atoms with Crippen LogP contribution in [0.5, 0.6) is 0 Å². The molecule has 1 aromatic carbocycles. The number of nitrogens with two attached hydrogens (primary N) is 1. The normalized spacial score (nSPS) is 19.9. The fourth-order valence-corrected chi connectivity index (χ4v) is 2.86. The molecule has 0 aliphatic heterocycles. The number of nitrogens with zero attached hydrogens (tertiary/aromatic N) is 1. The molecule has 2 aromatic rings. The maximum Gasteiger partial charge on any atom is 0.0516 e. The van der Waals surface area contributed by atoms with Crippen molar-refractivity contribution < 1.29 is 0 Å². The van der Waals surface area contributed by atoms with Crippen molar-refractivity contribution in [3.05, 3.63) is 36.0 Å². The van der Waals surface area contributed by atoms with Gasteiger partial charge in [0.05, 0.1) is 5.52 Å². The Morgan fingerprint density at radius 3 is 2.69 bits per heavy atom. The first-order valence-corrected chi connectivity index (χ1v) is 5.95. The molecule has 16 heavy (non-hydrogen) atoms. The van der Waals surface area contributed by atoms with Gasteiger partial charge in [0.2, 0.25) is 0 Å². The van der Waals surface area contributed by atoms with Crippen LogP contribution in [-0.4, -0.2) is 10.6 Å². The lowest BCUT2D eigenvalue weighted by Gasteiger charge is -2.21. The first-order valence-electron chi connectivity index (χ1n) is 5.95. The van der Waals surface area contributed by atoms with Crippen molar-refractivity contribution in [1.29, 1.82) is 0 Å². The molecular weight excluding hydrogens is 196 g/mol. The number of aromatic nitrogens is 1. The first-order chi connectivity index (χ1) is 7.65. The molecule has 1 saturated carbocycles. The molecule has 2 N–H and O–H groups in total. The highest BCUT2D eigenvalue weighted by molar-refractivity contribution is 5.85. The molecule has 1 atom stereocenters. The quantitative estimate of drug-likeness (QED) is 0.818. The Kier molecular flexibility index (Phi) is 1.93. The maximum absolute atomic E-state index is 6.17. The fourth-order valence-electron chi connectivity index (χ4n) is 2.86. The molecule has 84 valence electrons. The molecular formula is C14H18N2. The van der Waals surface area contributed by atoms with Crippen LogP contribution in [0.25, 0.3) is 10.9 Å². The molecule has 1 aliphatic carbocycles. The van der Waals surface area contributed by atoms with E-state index in [4.69, 9.17) is 5.73 Å². The van der Waals surface area contributed by atoms with Gasteiger partial charge in [0.15, 0.2) is 0 Å². The van der Waals surface area contributed by atoms with Gasteiger partial charge in [-0.1, -0.05) is 18.2 Å². The molecule has 0 saturated heterocycles. The van der Waals surface area contributed by atoms with E-state index in [2.05, 4.69) is 49.0 Å². The summed E-state index contributed by atoms with van der Waals surface area (Å²) in [6, 6.07) is 9.00. The second kappa shape index (κ2) is 3.11. The third-order valence-corrected chi connectivity index (χ3v) is 4.09. The third kappa shape index (κ3) is 1.17. The summed E-state index contributed by atoms with van der Waals surface area (Å²) in [4.78, 5) is 0. The maximum atomic E-state index is 6.17. The first kappa shape index (κ1) is 9.91. The summed E-state index contributed by atoms with van der Waals surface area (Å²) < 4.78 is 2.22. The molecule has 0 amide bonds. The summed E-state index contributed by atoms with van der Waals surface area (Å²) in [5.74, 6) is 0. The van der Waals surface area contributed by atoms with Gasteiger partial charge in [0.25, 0.3) is 0 Å². The van der Waals surface area contributed by atoms with E-state index in [0.29, 0.717) is 0 Å². The second-order valence-corrected chi connectivity index (χ2v) is 5.11. The molecule has 1 unspecified atom stereocenters. The summed E-state index contributed by atoms with van der Waals surface area (Å²) in [5.41, 5.74) is 9.20. The van der Waals surface area contributed by atoms with Gasteiger partial charge < -0.3 is 10.3 Å². The molecule has 2 heteroatoms. The molecule has 3 rings (SSSR count). The Bertz CT molecular complexity index is 533. The van der Waals surface area contributed by atoms with Crippen molar-refractivity contribution in [2.75, 3.05) is 0 Å². The van der Waals surface area contributed by atoms with Crippen molar-refractivity contribution >= 4 is 10.9 Å². The van der Waals surface area contributed by atoms with Crippen LogP contribution in [0.2, 0.25) is 0 Å². The Morgan fingerprint density at radius 2 is 2.06 bits per heavy atom. The average Bonchev–Trinajstić information content (AvgIpc) is 3.00. The largest absolute Gasteiger partial charge is 0.350 e. The van der Waals surface area contributed by atoms with Crippen molar-refractivity contribution in [3.63, 3.8) is 0 Å². The van der Waals surface area contributed by atoms with E-state index < -0.39 is 0 Å². The van der Waals surface area contributed by atoms with Gasteiger partial charge in [-0.25, -0.2) is 0 Å². The van der Waals surface area contributed by atoms with Crippen molar-refractivity contribution in [2.45, 2.75) is 31.2 Å². The van der Waals surface area contributed by atoms with Gasteiger partial charge in [0.1, 0.15) is 0 Å². The van der Waals surface area contributed by atoms with E-state index in [1.807, 2.05) is 0 Å². The number of hydrogen-bond donors (Lipinski definition) is 1. The number of benzene rings is 1. The lowest BCUT2D eigenvalue weighted by atomic mass is 9.88. The van der Waals surface area contributed by atoms with E-state index in [1.54, 1.807) is 0 Å². The summed E-state index contributed by atoms with van der Waals surface area (Å²) in [6.07, 6.45) is 4.59. The number of rotatable bonds is 2. The van der Waals surface area contributed by atoms with Gasteiger partial charge in [-0.3, -0.25) is 0 Å². The Balaban J connectivity index is 2.28. The van der Waals surface area contributed by atoms with E-state index in [0.717, 1.165) is 0 Å². The molecule has 1 aromatic heterocycles. The topological polar surface area (TPSA) is 30.9 Å². The zero-order chi connectivity index (χ0) is 11.3. The lowest BCUT2D eigenvalue weighted by Crippen LogP contribution is -2.31. The van der Waals surface area contributed by atoms with Crippen LogP contribution in [0.1, 0.15) is 25.3 Å². The van der Waals surface area contributed by atoms with Crippen LogP contribution in [0.3, 0.4) is 0 Å². The Morgan fingerprint density at radius 1 is 1.31 bits per heavy atom. The molecule has 2 nitrogen and oxygen atoms in total. The number of fused-ring (bicyclic) bond motifs is 1. The van der Waals surface area contributed by atoms with Crippen LogP contribution < -0.4 is 5.73 Å². The summed E-state index contributed by atoms with van der Waals surface area (Å²) >= 11 is 0. The minimum Gasteiger partial charge on any atom is -0.350 e. The van der Waals surface area contributed by atoms with Gasteiger partial charge in [-0.2, -0.15) is 0 Å². The predicted octanol–water partition coefficient (Wildman–Crippen LogP) is 2.56.